The Morgan fingerprint density at radius 2 is 1.86 bits per heavy atom. The van der Waals surface area contributed by atoms with Crippen LogP contribution in [0.5, 0.6) is 5.75 Å². The highest BCUT2D eigenvalue weighted by Gasteiger charge is 2.10. The van der Waals surface area contributed by atoms with Gasteiger partial charge < -0.3 is 5.11 Å². The molecule has 3 aromatic rings. The van der Waals surface area contributed by atoms with Crippen molar-refractivity contribution >= 4 is 26.8 Å². The Labute approximate surface area is 139 Å². The highest BCUT2D eigenvalue weighted by molar-refractivity contribution is 9.10. The van der Waals surface area contributed by atoms with Crippen LogP contribution in [0.2, 0.25) is 0 Å². The van der Waals surface area contributed by atoms with Crippen LogP contribution in [0.4, 0.5) is 0 Å². The van der Waals surface area contributed by atoms with Gasteiger partial charge in [0.25, 0.3) is 0 Å². The van der Waals surface area contributed by atoms with E-state index in [1.54, 1.807) is 6.20 Å². The van der Waals surface area contributed by atoms with Crippen molar-refractivity contribution in [1.82, 2.24) is 4.98 Å². The van der Waals surface area contributed by atoms with Gasteiger partial charge in [0.05, 0.1) is 0 Å². The lowest BCUT2D eigenvalue weighted by Gasteiger charge is -2.09. The number of nitrogens with zero attached hydrogens (tertiary/aromatic N) is 1. The van der Waals surface area contributed by atoms with Gasteiger partial charge in [-0.1, -0.05) is 51.8 Å². The Morgan fingerprint density at radius 1 is 1.09 bits per heavy atom. The number of phenolic OH excluding ortho intramolecular Hbond substituents is 1. The van der Waals surface area contributed by atoms with E-state index in [-0.39, 0.29) is 0 Å². The van der Waals surface area contributed by atoms with E-state index in [0.29, 0.717) is 11.3 Å². The van der Waals surface area contributed by atoms with Gasteiger partial charge in [0.15, 0.2) is 0 Å². The summed E-state index contributed by atoms with van der Waals surface area (Å²) in [4.78, 5) is 4.30. The van der Waals surface area contributed by atoms with Gasteiger partial charge in [0.2, 0.25) is 0 Å². The summed E-state index contributed by atoms with van der Waals surface area (Å²) < 4.78 is 0.985. The van der Waals surface area contributed by atoms with Crippen molar-refractivity contribution in [3.63, 3.8) is 0 Å². The molecular weight excluding hydrogens is 338 g/mol. The predicted octanol–water partition coefficient (Wildman–Crippen LogP) is 5.19. The monoisotopic (exact) mass is 355 g/mol. The Hall–Kier alpha value is -1.87. The second-order valence-electron chi connectivity index (χ2n) is 5.60. The maximum Gasteiger partial charge on any atom is 0.145 e. The third kappa shape index (κ3) is 3.14. The summed E-state index contributed by atoms with van der Waals surface area (Å²) >= 11 is 3.58. The van der Waals surface area contributed by atoms with Gasteiger partial charge in [0, 0.05) is 16.1 Å². The number of rotatable bonds is 4. The molecule has 0 aliphatic heterocycles. The average molecular weight is 356 g/mol. The van der Waals surface area contributed by atoms with Crippen LogP contribution in [0.1, 0.15) is 23.1 Å². The SMILES string of the molecule is Cc1ccc(CCCc2cc(Br)c3cccnc3c2O)cc1. The van der Waals surface area contributed by atoms with Crippen LogP contribution in [-0.2, 0) is 12.8 Å². The molecule has 0 bridgehead atoms. The summed E-state index contributed by atoms with van der Waals surface area (Å²) in [5.74, 6) is 0.308. The van der Waals surface area contributed by atoms with Gasteiger partial charge in [-0.2, -0.15) is 0 Å². The van der Waals surface area contributed by atoms with Gasteiger partial charge in [0.1, 0.15) is 11.3 Å². The smallest absolute Gasteiger partial charge is 0.145 e. The first-order valence-corrected chi connectivity index (χ1v) is 8.25. The summed E-state index contributed by atoms with van der Waals surface area (Å²) in [5, 5.41) is 11.4. The van der Waals surface area contributed by atoms with Crippen molar-refractivity contribution in [3.05, 3.63) is 69.8 Å². The molecule has 0 saturated carbocycles. The molecule has 0 aliphatic rings. The molecule has 0 fully saturated rings. The summed E-state index contributed by atoms with van der Waals surface area (Å²) in [7, 11) is 0. The maximum atomic E-state index is 10.4. The van der Waals surface area contributed by atoms with Crippen LogP contribution in [-0.4, -0.2) is 10.1 Å². The van der Waals surface area contributed by atoms with E-state index in [1.807, 2.05) is 18.2 Å². The van der Waals surface area contributed by atoms with E-state index < -0.39 is 0 Å². The summed E-state index contributed by atoms with van der Waals surface area (Å²) in [6.07, 6.45) is 4.56. The van der Waals surface area contributed by atoms with Crippen molar-refractivity contribution in [3.8, 4) is 5.75 Å². The van der Waals surface area contributed by atoms with Crippen LogP contribution >= 0.6 is 15.9 Å². The zero-order valence-electron chi connectivity index (χ0n) is 12.5. The molecule has 0 atom stereocenters. The van der Waals surface area contributed by atoms with Crippen molar-refractivity contribution in [2.45, 2.75) is 26.2 Å². The van der Waals surface area contributed by atoms with E-state index in [4.69, 9.17) is 0 Å². The fourth-order valence-corrected chi connectivity index (χ4v) is 3.26. The van der Waals surface area contributed by atoms with Gasteiger partial charge in [-0.3, -0.25) is 4.98 Å². The van der Waals surface area contributed by atoms with Gasteiger partial charge >= 0.3 is 0 Å². The molecule has 3 heteroatoms. The predicted molar refractivity (Wildman–Crippen MR) is 94.3 cm³/mol. The fraction of sp³-hybridized carbons (Fsp3) is 0.211. The zero-order chi connectivity index (χ0) is 15.5. The minimum Gasteiger partial charge on any atom is -0.505 e. The van der Waals surface area contributed by atoms with Gasteiger partial charge in [-0.25, -0.2) is 0 Å². The van der Waals surface area contributed by atoms with E-state index in [9.17, 15) is 5.11 Å². The Morgan fingerprint density at radius 3 is 2.64 bits per heavy atom. The van der Waals surface area contributed by atoms with Crippen LogP contribution in [0.3, 0.4) is 0 Å². The zero-order valence-corrected chi connectivity index (χ0v) is 14.1. The molecule has 0 aliphatic carbocycles. The average Bonchev–Trinajstić information content (AvgIpc) is 2.54. The quantitative estimate of drug-likeness (QED) is 0.698. The molecule has 1 heterocycles. The number of benzene rings is 2. The summed E-state index contributed by atoms with van der Waals surface area (Å²) in [6, 6.07) is 14.5. The second kappa shape index (κ2) is 6.49. The number of fused-ring (bicyclic) bond motifs is 1. The molecule has 0 amide bonds. The van der Waals surface area contributed by atoms with Crippen molar-refractivity contribution in [2.24, 2.45) is 0 Å². The van der Waals surface area contributed by atoms with Crippen LogP contribution in [0, 0.1) is 6.92 Å². The molecule has 0 radical (unpaired) electrons. The minimum atomic E-state index is 0.308. The lowest BCUT2D eigenvalue weighted by atomic mass is 10.0. The van der Waals surface area contributed by atoms with Crippen LogP contribution < -0.4 is 0 Å². The van der Waals surface area contributed by atoms with E-state index in [1.165, 1.54) is 11.1 Å². The highest BCUT2D eigenvalue weighted by Crippen LogP contribution is 2.33. The highest BCUT2D eigenvalue weighted by atomic mass is 79.9. The normalized spacial score (nSPS) is 11.0. The largest absolute Gasteiger partial charge is 0.505 e. The first kappa shape index (κ1) is 15.0. The molecule has 3 rings (SSSR count). The third-order valence-corrected chi connectivity index (χ3v) is 4.58. The molecule has 1 aromatic heterocycles. The van der Waals surface area contributed by atoms with Crippen molar-refractivity contribution in [1.29, 1.82) is 0 Å². The summed E-state index contributed by atoms with van der Waals surface area (Å²) in [6.45, 7) is 2.10. The minimum absolute atomic E-state index is 0.308. The van der Waals surface area contributed by atoms with Gasteiger partial charge in [-0.05, 0) is 49.4 Å². The number of pyridine rings is 1. The lowest BCUT2D eigenvalue weighted by molar-refractivity contribution is 0.472. The van der Waals surface area contributed by atoms with Gasteiger partial charge in [-0.15, -0.1) is 0 Å². The number of aromatic nitrogens is 1. The fourth-order valence-electron chi connectivity index (χ4n) is 2.67. The van der Waals surface area contributed by atoms with E-state index in [2.05, 4.69) is 52.1 Å². The number of aromatic hydroxyl groups is 1. The third-order valence-electron chi connectivity index (χ3n) is 3.93. The molecule has 0 spiro atoms. The molecule has 1 N–H and O–H groups in total. The Kier molecular flexibility index (Phi) is 4.44. The Balaban J connectivity index is 1.76. The first-order valence-electron chi connectivity index (χ1n) is 7.46. The molecule has 0 unspecified atom stereocenters. The summed E-state index contributed by atoms with van der Waals surface area (Å²) in [5.41, 5.74) is 4.24. The number of aryl methyl sites for hydroxylation is 3. The number of phenols is 1. The second-order valence-corrected chi connectivity index (χ2v) is 6.46. The number of hydrogen-bond donors (Lipinski definition) is 1. The standard InChI is InChI=1S/C19H18BrNO/c1-13-7-9-14(10-8-13)4-2-5-15-12-17(20)16-6-3-11-21-18(16)19(15)22/h3,6-12,22H,2,4-5H2,1H3. The van der Waals surface area contributed by atoms with Crippen molar-refractivity contribution in [2.75, 3.05) is 0 Å². The topological polar surface area (TPSA) is 33.1 Å². The lowest BCUT2D eigenvalue weighted by Crippen LogP contribution is -1.93. The molecule has 2 nitrogen and oxygen atoms in total. The van der Waals surface area contributed by atoms with E-state index in [0.717, 1.165) is 34.7 Å². The molecule has 0 saturated heterocycles. The van der Waals surface area contributed by atoms with E-state index >= 15 is 0 Å². The van der Waals surface area contributed by atoms with Crippen LogP contribution in [0.15, 0.2) is 53.1 Å². The molecule has 22 heavy (non-hydrogen) atoms. The first-order chi connectivity index (χ1) is 10.6. The molecular formula is C19H18BrNO. The Bertz CT molecular complexity index is 796. The maximum absolute atomic E-state index is 10.4. The number of halogens is 1. The van der Waals surface area contributed by atoms with Crippen LogP contribution in [0.25, 0.3) is 10.9 Å². The molecule has 112 valence electrons. The number of hydrogen-bond acceptors (Lipinski definition) is 2. The molecule has 2 aromatic carbocycles. The van der Waals surface area contributed by atoms with Crippen molar-refractivity contribution < 1.29 is 5.11 Å².